The first kappa shape index (κ1) is 15.7. The van der Waals surface area contributed by atoms with Crippen LogP contribution in [0, 0.1) is 6.92 Å². The normalized spacial score (nSPS) is 10.6. The minimum atomic E-state index is -1.06. The molecule has 0 aliphatic carbocycles. The lowest BCUT2D eigenvalue weighted by molar-refractivity contribution is -0.116. The van der Waals surface area contributed by atoms with Crippen molar-refractivity contribution in [3.05, 3.63) is 29.7 Å². The van der Waals surface area contributed by atoms with Gasteiger partial charge in [0.15, 0.2) is 5.82 Å². The molecular weight excluding hydrogens is 286 g/mol. The predicted molar refractivity (Wildman–Crippen MR) is 79.7 cm³/mol. The van der Waals surface area contributed by atoms with E-state index in [1.807, 2.05) is 17.7 Å². The molecule has 0 saturated heterocycles. The number of rotatable bonds is 7. The van der Waals surface area contributed by atoms with E-state index in [4.69, 9.17) is 5.11 Å². The summed E-state index contributed by atoms with van der Waals surface area (Å²) in [6, 6.07) is 3.21. The maximum atomic E-state index is 11.9. The Morgan fingerprint density at radius 3 is 2.77 bits per heavy atom. The third-order valence-electron chi connectivity index (χ3n) is 3.17. The molecule has 8 heteroatoms. The van der Waals surface area contributed by atoms with Gasteiger partial charge in [-0.2, -0.15) is 10.2 Å². The number of aromatic carboxylic acids is 1. The maximum absolute atomic E-state index is 11.9. The number of aromatic nitrogens is 4. The highest BCUT2D eigenvalue weighted by Gasteiger charge is 2.12. The van der Waals surface area contributed by atoms with Crippen molar-refractivity contribution < 1.29 is 14.7 Å². The van der Waals surface area contributed by atoms with Crippen LogP contribution in [0.4, 0.5) is 5.82 Å². The fourth-order valence-electron chi connectivity index (χ4n) is 2.11. The van der Waals surface area contributed by atoms with Crippen LogP contribution in [-0.2, 0) is 17.9 Å². The van der Waals surface area contributed by atoms with E-state index >= 15 is 0 Å². The van der Waals surface area contributed by atoms with Crippen LogP contribution in [0.3, 0.4) is 0 Å². The van der Waals surface area contributed by atoms with Crippen molar-refractivity contribution in [1.82, 2.24) is 19.6 Å². The molecule has 0 bridgehead atoms. The van der Waals surface area contributed by atoms with Gasteiger partial charge in [0.1, 0.15) is 5.69 Å². The Bertz CT molecular complexity index is 674. The highest BCUT2D eigenvalue weighted by Crippen LogP contribution is 2.10. The van der Waals surface area contributed by atoms with Crippen molar-refractivity contribution in [2.75, 3.05) is 5.32 Å². The quantitative estimate of drug-likeness (QED) is 0.807. The standard InChI is InChI=1S/C14H19N5O3/c1-3-7-18-10(2)9-12(17-18)16-13(20)5-8-19-11(14(21)22)4-6-15-19/h4,6,9H,3,5,7-8H2,1-2H3,(H,21,22)(H,16,17,20). The van der Waals surface area contributed by atoms with Gasteiger partial charge in [0.2, 0.25) is 5.91 Å². The van der Waals surface area contributed by atoms with Crippen LogP contribution >= 0.6 is 0 Å². The summed E-state index contributed by atoms with van der Waals surface area (Å²) in [4.78, 5) is 22.9. The minimum absolute atomic E-state index is 0.0656. The van der Waals surface area contributed by atoms with Crippen LogP contribution in [0.25, 0.3) is 0 Å². The fraction of sp³-hybridized carbons (Fsp3) is 0.429. The molecule has 0 atom stereocenters. The second-order valence-corrected chi connectivity index (χ2v) is 4.94. The third-order valence-corrected chi connectivity index (χ3v) is 3.17. The van der Waals surface area contributed by atoms with Crippen LogP contribution in [-0.4, -0.2) is 36.5 Å². The third kappa shape index (κ3) is 3.72. The van der Waals surface area contributed by atoms with Gasteiger partial charge in [0.05, 0.1) is 6.54 Å². The molecule has 0 saturated carbocycles. The van der Waals surface area contributed by atoms with E-state index in [0.717, 1.165) is 18.7 Å². The van der Waals surface area contributed by atoms with Gasteiger partial charge < -0.3 is 10.4 Å². The molecule has 0 aliphatic rings. The largest absolute Gasteiger partial charge is 0.477 e. The lowest BCUT2D eigenvalue weighted by atomic mass is 10.3. The molecule has 2 heterocycles. The Hall–Kier alpha value is -2.64. The van der Waals surface area contributed by atoms with Crippen LogP contribution in [0.5, 0.6) is 0 Å². The van der Waals surface area contributed by atoms with Gasteiger partial charge >= 0.3 is 5.97 Å². The minimum Gasteiger partial charge on any atom is -0.477 e. The van der Waals surface area contributed by atoms with Gasteiger partial charge in [-0.15, -0.1) is 0 Å². The Morgan fingerprint density at radius 2 is 2.09 bits per heavy atom. The zero-order chi connectivity index (χ0) is 16.1. The molecule has 2 aromatic rings. The monoisotopic (exact) mass is 305 g/mol. The molecule has 22 heavy (non-hydrogen) atoms. The van der Waals surface area contributed by atoms with Crippen LogP contribution in [0.15, 0.2) is 18.3 Å². The zero-order valence-electron chi connectivity index (χ0n) is 12.6. The molecule has 2 rings (SSSR count). The number of anilines is 1. The number of aryl methyl sites for hydroxylation is 3. The number of carbonyl (C=O) groups excluding carboxylic acids is 1. The topological polar surface area (TPSA) is 102 Å². The SMILES string of the molecule is CCCn1nc(NC(=O)CCn2nccc2C(=O)O)cc1C. The molecule has 0 fully saturated rings. The highest BCUT2D eigenvalue weighted by atomic mass is 16.4. The molecule has 0 aromatic carbocycles. The van der Waals surface area contributed by atoms with Crippen LogP contribution < -0.4 is 5.32 Å². The number of nitrogens with zero attached hydrogens (tertiary/aromatic N) is 4. The molecule has 1 amide bonds. The molecular formula is C14H19N5O3. The number of hydrogen-bond donors (Lipinski definition) is 2. The molecule has 0 radical (unpaired) electrons. The number of carboxylic acid groups (broad SMARTS) is 1. The van der Waals surface area contributed by atoms with Crippen molar-refractivity contribution in [3.63, 3.8) is 0 Å². The van der Waals surface area contributed by atoms with E-state index in [0.29, 0.717) is 5.82 Å². The van der Waals surface area contributed by atoms with E-state index in [2.05, 4.69) is 22.4 Å². The Balaban J connectivity index is 1.91. The second-order valence-electron chi connectivity index (χ2n) is 4.94. The van der Waals surface area contributed by atoms with Crippen molar-refractivity contribution in [1.29, 1.82) is 0 Å². The van der Waals surface area contributed by atoms with Gasteiger partial charge in [-0.05, 0) is 19.4 Å². The number of nitrogens with one attached hydrogen (secondary N) is 1. The molecule has 2 aromatic heterocycles. The summed E-state index contributed by atoms with van der Waals surface area (Å²) < 4.78 is 3.13. The highest BCUT2D eigenvalue weighted by molar-refractivity contribution is 5.90. The first-order chi connectivity index (χ1) is 10.5. The van der Waals surface area contributed by atoms with E-state index < -0.39 is 5.97 Å². The lowest BCUT2D eigenvalue weighted by Gasteiger charge is -2.05. The van der Waals surface area contributed by atoms with Gasteiger partial charge in [-0.1, -0.05) is 6.92 Å². The first-order valence-electron chi connectivity index (χ1n) is 7.10. The summed E-state index contributed by atoms with van der Waals surface area (Å²) in [7, 11) is 0. The number of carbonyl (C=O) groups is 2. The average molecular weight is 305 g/mol. The Labute approximate surface area is 127 Å². The van der Waals surface area contributed by atoms with Gasteiger partial charge in [-0.3, -0.25) is 14.2 Å². The summed E-state index contributed by atoms with van der Waals surface area (Å²) in [6.45, 7) is 5.00. The molecule has 8 nitrogen and oxygen atoms in total. The van der Waals surface area contributed by atoms with Gasteiger partial charge in [-0.25, -0.2) is 4.79 Å². The van der Waals surface area contributed by atoms with Crippen molar-refractivity contribution >= 4 is 17.7 Å². The van der Waals surface area contributed by atoms with Gasteiger partial charge in [0, 0.05) is 30.9 Å². The summed E-state index contributed by atoms with van der Waals surface area (Å²) in [5.74, 6) is -0.783. The average Bonchev–Trinajstić information content (AvgIpc) is 3.04. The predicted octanol–water partition coefficient (Wildman–Crippen LogP) is 1.53. The summed E-state index contributed by atoms with van der Waals surface area (Å²) >= 11 is 0. The van der Waals surface area contributed by atoms with Crippen molar-refractivity contribution in [2.45, 2.75) is 39.8 Å². The van der Waals surface area contributed by atoms with Crippen molar-refractivity contribution in [2.24, 2.45) is 0 Å². The van der Waals surface area contributed by atoms with Gasteiger partial charge in [0.25, 0.3) is 0 Å². The van der Waals surface area contributed by atoms with E-state index in [1.54, 1.807) is 0 Å². The summed E-state index contributed by atoms with van der Waals surface area (Å²) in [5, 5.41) is 19.9. The number of amides is 1. The zero-order valence-corrected chi connectivity index (χ0v) is 12.6. The van der Waals surface area contributed by atoms with Crippen LogP contribution in [0.2, 0.25) is 0 Å². The first-order valence-corrected chi connectivity index (χ1v) is 7.10. The summed E-state index contributed by atoms with van der Waals surface area (Å²) in [5.41, 5.74) is 1.05. The Morgan fingerprint density at radius 1 is 1.32 bits per heavy atom. The van der Waals surface area contributed by atoms with Crippen molar-refractivity contribution in [3.8, 4) is 0 Å². The molecule has 0 unspecified atom stereocenters. The number of carboxylic acids is 1. The van der Waals surface area contributed by atoms with E-state index in [9.17, 15) is 9.59 Å². The molecule has 118 valence electrons. The Kier molecular flexibility index (Phi) is 4.92. The number of hydrogen-bond acceptors (Lipinski definition) is 4. The van der Waals surface area contributed by atoms with E-state index in [-0.39, 0.29) is 24.6 Å². The maximum Gasteiger partial charge on any atom is 0.354 e. The van der Waals surface area contributed by atoms with E-state index in [1.165, 1.54) is 16.9 Å². The molecule has 0 aliphatic heterocycles. The summed E-state index contributed by atoms with van der Waals surface area (Å²) in [6.07, 6.45) is 2.49. The lowest BCUT2D eigenvalue weighted by Crippen LogP contribution is -2.17. The molecule has 2 N–H and O–H groups in total. The smallest absolute Gasteiger partial charge is 0.354 e. The molecule has 0 spiro atoms. The van der Waals surface area contributed by atoms with Crippen LogP contribution in [0.1, 0.15) is 35.9 Å². The fourth-order valence-corrected chi connectivity index (χ4v) is 2.11. The second kappa shape index (κ2) is 6.88.